The number of hydrogen-bond acceptors (Lipinski definition) is 2. The van der Waals surface area contributed by atoms with E-state index >= 15 is 0 Å². The molecule has 0 aromatic heterocycles. The van der Waals surface area contributed by atoms with Gasteiger partial charge >= 0.3 is 0 Å². The molecule has 2 heteroatoms. The van der Waals surface area contributed by atoms with Crippen LogP contribution in [0.5, 0.6) is 5.75 Å². The van der Waals surface area contributed by atoms with Gasteiger partial charge in [-0.05, 0) is 23.8 Å². The molecular formula is C12H12O2. The molecule has 0 heterocycles. The highest BCUT2D eigenvalue weighted by molar-refractivity contribution is 5.35. The summed E-state index contributed by atoms with van der Waals surface area (Å²) in [5.74, 6) is 0.215. The van der Waals surface area contributed by atoms with Crippen LogP contribution >= 0.6 is 0 Å². The van der Waals surface area contributed by atoms with Gasteiger partial charge in [0.25, 0.3) is 0 Å². The molecule has 2 nitrogen and oxygen atoms in total. The molecule has 1 unspecified atom stereocenters. The molecule has 72 valence electrons. The quantitative estimate of drug-likeness (QED) is 0.708. The van der Waals surface area contributed by atoms with E-state index in [0.717, 1.165) is 5.56 Å². The first-order valence-electron chi connectivity index (χ1n) is 4.57. The fourth-order valence-electron chi connectivity index (χ4n) is 1.57. The van der Waals surface area contributed by atoms with E-state index in [9.17, 15) is 5.11 Å². The first-order valence-corrected chi connectivity index (χ1v) is 4.57. The van der Waals surface area contributed by atoms with E-state index in [4.69, 9.17) is 5.11 Å². The normalized spacial score (nSPS) is 25.2. The van der Waals surface area contributed by atoms with Crippen LogP contribution in [0.15, 0.2) is 48.6 Å². The molecule has 0 saturated carbocycles. The molecule has 1 aliphatic carbocycles. The molecule has 1 aromatic rings. The Balaban J connectivity index is 2.34. The van der Waals surface area contributed by atoms with E-state index < -0.39 is 5.60 Å². The minimum Gasteiger partial charge on any atom is -0.508 e. The third-order valence-electron chi connectivity index (χ3n) is 2.42. The van der Waals surface area contributed by atoms with Crippen molar-refractivity contribution in [3.8, 4) is 5.75 Å². The third kappa shape index (κ3) is 1.56. The van der Waals surface area contributed by atoms with Crippen molar-refractivity contribution in [1.82, 2.24) is 0 Å². The largest absolute Gasteiger partial charge is 0.508 e. The summed E-state index contributed by atoms with van der Waals surface area (Å²) in [6, 6.07) is 6.64. The summed E-state index contributed by atoms with van der Waals surface area (Å²) in [4.78, 5) is 0. The second-order valence-corrected chi connectivity index (χ2v) is 3.46. The van der Waals surface area contributed by atoms with Gasteiger partial charge in [-0.15, -0.1) is 0 Å². The molecule has 0 aliphatic heterocycles. The summed E-state index contributed by atoms with van der Waals surface area (Å²) in [5.41, 5.74) is -0.112. The molecule has 1 aromatic carbocycles. The zero-order chi connectivity index (χ0) is 10.0. The monoisotopic (exact) mass is 188 g/mol. The van der Waals surface area contributed by atoms with Gasteiger partial charge in [-0.1, -0.05) is 30.4 Å². The number of phenolic OH excluding ortho intramolecular Hbond substituents is 1. The lowest BCUT2D eigenvalue weighted by Crippen LogP contribution is -2.22. The Kier molecular flexibility index (Phi) is 2.14. The van der Waals surface area contributed by atoms with Gasteiger partial charge in [0.05, 0.1) is 0 Å². The number of aromatic hydroxyl groups is 1. The van der Waals surface area contributed by atoms with Crippen LogP contribution in [0.4, 0.5) is 0 Å². The standard InChI is InChI=1S/C12H12O2/c13-11-6-4-10(5-7-11)12(14)8-2-1-3-9-12/h1-8,13-14H,9H2. The van der Waals surface area contributed by atoms with Gasteiger partial charge in [-0.25, -0.2) is 0 Å². The molecule has 0 spiro atoms. The maximum absolute atomic E-state index is 10.2. The molecule has 14 heavy (non-hydrogen) atoms. The summed E-state index contributed by atoms with van der Waals surface area (Å²) in [5, 5.41) is 19.3. The second kappa shape index (κ2) is 3.31. The number of allylic oxidation sites excluding steroid dienone is 2. The Morgan fingerprint density at radius 1 is 1.07 bits per heavy atom. The van der Waals surface area contributed by atoms with E-state index in [0.29, 0.717) is 6.42 Å². The van der Waals surface area contributed by atoms with Crippen LogP contribution in [0, 0.1) is 0 Å². The molecule has 1 atom stereocenters. The topological polar surface area (TPSA) is 40.5 Å². The Morgan fingerprint density at radius 3 is 2.36 bits per heavy atom. The Labute approximate surface area is 82.8 Å². The van der Waals surface area contributed by atoms with Crippen LogP contribution in [-0.4, -0.2) is 10.2 Å². The zero-order valence-electron chi connectivity index (χ0n) is 7.72. The molecule has 0 radical (unpaired) electrons. The van der Waals surface area contributed by atoms with Crippen molar-refractivity contribution in [1.29, 1.82) is 0 Å². The van der Waals surface area contributed by atoms with Gasteiger partial charge in [0.1, 0.15) is 11.4 Å². The van der Waals surface area contributed by atoms with Crippen molar-refractivity contribution >= 4 is 0 Å². The molecule has 0 fully saturated rings. The van der Waals surface area contributed by atoms with Crippen molar-refractivity contribution in [2.24, 2.45) is 0 Å². The second-order valence-electron chi connectivity index (χ2n) is 3.46. The summed E-state index contributed by atoms with van der Waals surface area (Å²) in [6.45, 7) is 0. The fraction of sp³-hybridized carbons (Fsp3) is 0.167. The van der Waals surface area contributed by atoms with E-state index in [-0.39, 0.29) is 5.75 Å². The molecule has 2 rings (SSSR count). The number of benzene rings is 1. The minimum absolute atomic E-state index is 0.215. The number of rotatable bonds is 1. The predicted octanol–water partition coefficient (Wildman–Crippen LogP) is 2.10. The van der Waals surface area contributed by atoms with E-state index in [1.165, 1.54) is 0 Å². The van der Waals surface area contributed by atoms with Crippen LogP contribution in [-0.2, 0) is 5.60 Å². The van der Waals surface area contributed by atoms with Crippen molar-refractivity contribution in [2.45, 2.75) is 12.0 Å². The highest BCUT2D eigenvalue weighted by Crippen LogP contribution is 2.30. The Morgan fingerprint density at radius 2 is 1.79 bits per heavy atom. The zero-order valence-corrected chi connectivity index (χ0v) is 7.72. The highest BCUT2D eigenvalue weighted by Gasteiger charge is 2.25. The van der Waals surface area contributed by atoms with Gasteiger partial charge < -0.3 is 10.2 Å². The third-order valence-corrected chi connectivity index (χ3v) is 2.42. The van der Waals surface area contributed by atoms with Crippen LogP contribution in [0.1, 0.15) is 12.0 Å². The fourth-order valence-corrected chi connectivity index (χ4v) is 1.57. The van der Waals surface area contributed by atoms with E-state index in [1.807, 2.05) is 18.2 Å². The molecule has 1 aliphatic rings. The maximum Gasteiger partial charge on any atom is 0.115 e. The van der Waals surface area contributed by atoms with Gasteiger partial charge in [-0.3, -0.25) is 0 Å². The van der Waals surface area contributed by atoms with Gasteiger partial charge in [0.2, 0.25) is 0 Å². The van der Waals surface area contributed by atoms with Crippen LogP contribution in [0.25, 0.3) is 0 Å². The van der Waals surface area contributed by atoms with Crippen LogP contribution in [0.2, 0.25) is 0 Å². The Bertz CT molecular complexity index is 376. The summed E-state index contributed by atoms with van der Waals surface area (Å²) in [7, 11) is 0. The predicted molar refractivity (Wildman–Crippen MR) is 54.9 cm³/mol. The average Bonchev–Trinajstić information content (AvgIpc) is 2.19. The first kappa shape index (κ1) is 9.03. The SMILES string of the molecule is Oc1ccc(C2(O)C=CC=CC2)cc1. The molecular weight excluding hydrogens is 176 g/mol. The lowest BCUT2D eigenvalue weighted by Gasteiger charge is -2.25. The summed E-state index contributed by atoms with van der Waals surface area (Å²) < 4.78 is 0. The smallest absolute Gasteiger partial charge is 0.115 e. The number of phenols is 1. The van der Waals surface area contributed by atoms with Crippen molar-refractivity contribution in [3.05, 3.63) is 54.1 Å². The molecule has 0 amide bonds. The lowest BCUT2D eigenvalue weighted by atomic mass is 9.88. The van der Waals surface area contributed by atoms with Crippen molar-refractivity contribution in [2.75, 3.05) is 0 Å². The average molecular weight is 188 g/mol. The van der Waals surface area contributed by atoms with Gasteiger partial charge in [0.15, 0.2) is 0 Å². The maximum atomic E-state index is 10.2. The summed E-state index contributed by atoms with van der Waals surface area (Å²) in [6.07, 6.45) is 8.01. The van der Waals surface area contributed by atoms with Gasteiger partial charge in [0, 0.05) is 6.42 Å². The van der Waals surface area contributed by atoms with Crippen LogP contribution < -0.4 is 0 Å². The van der Waals surface area contributed by atoms with Crippen molar-refractivity contribution < 1.29 is 10.2 Å². The number of hydrogen-bond donors (Lipinski definition) is 2. The minimum atomic E-state index is -0.914. The molecule has 2 N–H and O–H groups in total. The summed E-state index contributed by atoms with van der Waals surface area (Å²) >= 11 is 0. The van der Waals surface area contributed by atoms with Crippen molar-refractivity contribution in [3.63, 3.8) is 0 Å². The first-order chi connectivity index (χ1) is 6.71. The van der Waals surface area contributed by atoms with Crippen LogP contribution in [0.3, 0.4) is 0 Å². The number of aliphatic hydroxyl groups is 1. The Hall–Kier alpha value is -1.54. The molecule has 0 saturated heterocycles. The lowest BCUT2D eigenvalue weighted by molar-refractivity contribution is 0.0916. The van der Waals surface area contributed by atoms with E-state index in [1.54, 1.807) is 30.3 Å². The van der Waals surface area contributed by atoms with E-state index in [2.05, 4.69) is 0 Å². The highest BCUT2D eigenvalue weighted by atomic mass is 16.3. The van der Waals surface area contributed by atoms with Gasteiger partial charge in [-0.2, -0.15) is 0 Å². The molecule has 0 bridgehead atoms.